The number of hydrogen-bond acceptors (Lipinski definition) is 3. The molecule has 9 rings (SSSR count). The molecule has 0 fully saturated rings. The van der Waals surface area contributed by atoms with Crippen LogP contribution in [0.4, 0.5) is 34.1 Å². The third kappa shape index (κ3) is 3.85. The van der Waals surface area contributed by atoms with Gasteiger partial charge in [0.1, 0.15) is 11.2 Å². The van der Waals surface area contributed by atoms with Crippen LogP contribution < -0.4 is 26.2 Å². The number of anilines is 6. The Bertz CT molecular complexity index is 2330. The molecule has 3 heterocycles. The molecule has 0 spiro atoms. The molecule has 2 aliphatic heterocycles. The topological polar surface area (TPSA) is 19.6 Å². The first kappa shape index (κ1) is 26.2. The molecule has 0 N–H and O–H groups in total. The molecule has 216 valence electrons. The van der Waals surface area contributed by atoms with E-state index in [9.17, 15) is 0 Å². The first-order chi connectivity index (χ1) is 21.8. The van der Waals surface area contributed by atoms with Crippen molar-refractivity contribution < 1.29 is 4.42 Å². The zero-order chi connectivity index (χ0) is 30.6. The lowest BCUT2D eigenvalue weighted by atomic mass is 9.33. The molecule has 0 saturated heterocycles. The normalized spacial score (nSPS) is 13.3. The van der Waals surface area contributed by atoms with E-state index in [-0.39, 0.29) is 6.71 Å². The Kier molecular flexibility index (Phi) is 5.47. The molecule has 0 atom stereocenters. The van der Waals surface area contributed by atoms with Crippen molar-refractivity contribution in [2.75, 3.05) is 9.80 Å². The summed E-state index contributed by atoms with van der Waals surface area (Å²) in [5.41, 5.74) is 19.3. The van der Waals surface area contributed by atoms with Gasteiger partial charge in [-0.3, -0.25) is 0 Å². The van der Waals surface area contributed by atoms with Gasteiger partial charge in [-0.2, -0.15) is 0 Å². The van der Waals surface area contributed by atoms with Gasteiger partial charge in [0.15, 0.2) is 0 Å². The zero-order valence-corrected chi connectivity index (χ0v) is 26.3. The summed E-state index contributed by atoms with van der Waals surface area (Å²) in [5, 5.41) is 2.34. The van der Waals surface area contributed by atoms with Crippen molar-refractivity contribution in [3.05, 3.63) is 137 Å². The van der Waals surface area contributed by atoms with Crippen LogP contribution in [0, 0.1) is 34.6 Å². The van der Waals surface area contributed by atoms with Gasteiger partial charge in [0.25, 0.3) is 6.71 Å². The summed E-state index contributed by atoms with van der Waals surface area (Å²) >= 11 is 0. The van der Waals surface area contributed by atoms with Crippen LogP contribution in [0.2, 0.25) is 0 Å². The molecule has 0 aliphatic carbocycles. The summed E-state index contributed by atoms with van der Waals surface area (Å²) in [4.78, 5) is 4.94. The number of fused-ring (bicyclic) bond motifs is 7. The molecule has 45 heavy (non-hydrogen) atoms. The average Bonchev–Trinajstić information content (AvgIpc) is 3.37. The van der Waals surface area contributed by atoms with Gasteiger partial charge < -0.3 is 14.2 Å². The maximum atomic E-state index is 6.53. The number of benzene rings is 6. The summed E-state index contributed by atoms with van der Waals surface area (Å²) in [5.74, 6) is 0. The first-order valence-electron chi connectivity index (χ1n) is 15.8. The molecule has 0 bridgehead atoms. The molecule has 0 radical (unpaired) electrons. The van der Waals surface area contributed by atoms with E-state index in [0.29, 0.717) is 0 Å². The van der Waals surface area contributed by atoms with Crippen molar-refractivity contribution >= 4 is 79.2 Å². The SMILES string of the molecule is Cc1ccc(N2c3ccc(C)cc3B3c4cc5c(cc4N(c4ccc(C)cc4)c4cc(C)cc2c43)oc2ccc(C)cc25)cc1. The summed E-state index contributed by atoms with van der Waals surface area (Å²) in [6.45, 7) is 11.0. The Hall–Kier alpha value is -5.22. The van der Waals surface area contributed by atoms with E-state index in [2.05, 4.69) is 154 Å². The number of furan rings is 1. The Morgan fingerprint density at radius 2 is 0.956 bits per heavy atom. The summed E-state index contributed by atoms with van der Waals surface area (Å²) in [7, 11) is 0. The minimum Gasteiger partial charge on any atom is -0.456 e. The predicted octanol–water partition coefficient (Wildman–Crippen LogP) is 9.21. The molecule has 7 aromatic rings. The van der Waals surface area contributed by atoms with Crippen molar-refractivity contribution in [1.29, 1.82) is 0 Å². The molecule has 1 aromatic heterocycles. The minimum atomic E-state index is 0.0723. The molecule has 2 aliphatic rings. The standard InChI is InChI=1S/C41H33BN2O/c1-24-6-12-29(13-7-24)43-35-16-10-27(4)19-33(35)42-34-22-32-31-18-26(3)11-17-39(31)45-40(32)23-36(34)44(30-14-8-25(2)9-15-30)38-21-28(5)20-37(43)41(38)42/h6-23H,1-5H3. The molecular formula is C41H33BN2O. The van der Waals surface area contributed by atoms with Crippen LogP contribution in [0.3, 0.4) is 0 Å². The second-order valence-electron chi connectivity index (χ2n) is 13.1. The van der Waals surface area contributed by atoms with Crippen LogP contribution >= 0.6 is 0 Å². The van der Waals surface area contributed by atoms with E-state index < -0.39 is 0 Å². The minimum absolute atomic E-state index is 0.0723. The lowest BCUT2D eigenvalue weighted by molar-refractivity contribution is 0.669. The fraction of sp³-hybridized carbons (Fsp3) is 0.122. The Labute approximate surface area is 264 Å². The van der Waals surface area contributed by atoms with Gasteiger partial charge in [0.05, 0.1) is 0 Å². The summed E-state index contributed by atoms with van der Waals surface area (Å²) < 4.78 is 6.53. The lowest BCUT2D eigenvalue weighted by Gasteiger charge is -2.44. The zero-order valence-electron chi connectivity index (χ0n) is 26.3. The molecule has 4 heteroatoms. The third-order valence-corrected chi connectivity index (χ3v) is 9.70. The van der Waals surface area contributed by atoms with Gasteiger partial charge in [-0.15, -0.1) is 0 Å². The summed E-state index contributed by atoms with van der Waals surface area (Å²) in [6, 6.07) is 40.8. The van der Waals surface area contributed by atoms with Crippen LogP contribution in [-0.4, -0.2) is 6.71 Å². The molecular weight excluding hydrogens is 547 g/mol. The highest BCUT2D eigenvalue weighted by Crippen LogP contribution is 2.46. The van der Waals surface area contributed by atoms with Crippen LogP contribution in [0.15, 0.2) is 114 Å². The van der Waals surface area contributed by atoms with Gasteiger partial charge >= 0.3 is 0 Å². The van der Waals surface area contributed by atoms with Crippen molar-refractivity contribution in [2.24, 2.45) is 0 Å². The van der Waals surface area contributed by atoms with Gasteiger partial charge in [-0.05, 0) is 111 Å². The highest BCUT2D eigenvalue weighted by molar-refractivity contribution is 7.00. The quantitative estimate of drug-likeness (QED) is 0.190. The second kappa shape index (κ2) is 9.39. The summed E-state index contributed by atoms with van der Waals surface area (Å²) in [6.07, 6.45) is 0. The van der Waals surface area contributed by atoms with Crippen molar-refractivity contribution in [2.45, 2.75) is 34.6 Å². The van der Waals surface area contributed by atoms with Crippen LogP contribution in [0.5, 0.6) is 0 Å². The predicted molar refractivity (Wildman–Crippen MR) is 191 cm³/mol. The average molecular weight is 581 g/mol. The Morgan fingerprint density at radius 1 is 0.422 bits per heavy atom. The number of aryl methyl sites for hydroxylation is 5. The van der Waals surface area contributed by atoms with Crippen LogP contribution in [0.25, 0.3) is 21.9 Å². The van der Waals surface area contributed by atoms with Crippen LogP contribution in [0.1, 0.15) is 27.8 Å². The van der Waals surface area contributed by atoms with E-state index in [4.69, 9.17) is 4.42 Å². The van der Waals surface area contributed by atoms with Crippen molar-refractivity contribution in [3.63, 3.8) is 0 Å². The van der Waals surface area contributed by atoms with E-state index in [1.165, 1.54) is 83.4 Å². The Balaban J connectivity index is 1.42. The number of hydrogen-bond donors (Lipinski definition) is 0. The van der Waals surface area contributed by atoms with Gasteiger partial charge in [-0.25, -0.2) is 0 Å². The molecule has 3 nitrogen and oxygen atoms in total. The number of rotatable bonds is 2. The van der Waals surface area contributed by atoms with Gasteiger partial charge in [0.2, 0.25) is 0 Å². The third-order valence-electron chi connectivity index (χ3n) is 9.70. The highest BCUT2D eigenvalue weighted by Gasteiger charge is 2.43. The van der Waals surface area contributed by atoms with Gasteiger partial charge in [-0.1, -0.05) is 70.8 Å². The smallest absolute Gasteiger partial charge is 0.252 e. The lowest BCUT2D eigenvalue weighted by Crippen LogP contribution is -2.61. The molecule has 6 aromatic carbocycles. The highest BCUT2D eigenvalue weighted by atomic mass is 16.3. The van der Waals surface area contributed by atoms with Crippen molar-refractivity contribution in [1.82, 2.24) is 0 Å². The first-order valence-corrected chi connectivity index (χ1v) is 15.8. The van der Waals surface area contributed by atoms with E-state index >= 15 is 0 Å². The van der Waals surface area contributed by atoms with E-state index in [0.717, 1.165) is 16.9 Å². The monoisotopic (exact) mass is 580 g/mol. The second-order valence-corrected chi connectivity index (χ2v) is 13.1. The Morgan fingerprint density at radius 3 is 1.62 bits per heavy atom. The van der Waals surface area contributed by atoms with Crippen LogP contribution in [-0.2, 0) is 0 Å². The molecule has 0 unspecified atom stereocenters. The van der Waals surface area contributed by atoms with E-state index in [1.54, 1.807) is 0 Å². The van der Waals surface area contributed by atoms with E-state index in [1.807, 2.05) is 0 Å². The van der Waals surface area contributed by atoms with Gasteiger partial charge in [0, 0.05) is 51.0 Å². The molecule has 0 amide bonds. The fourth-order valence-corrected chi connectivity index (χ4v) is 7.58. The fourth-order valence-electron chi connectivity index (χ4n) is 7.58. The largest absolute Gasteiger partial charge is 0.456 e. The maximum absolute atomic E-state index is 6.53. The maximum Gasteiger partial charge on any atom is 0.252 e. The number of nitrogens with zero attached hydrogens (tertiary/aromatic N) is 2. The molecule has 0 saturated carbocycles. The van der Waals surface area contributed by atoms with Crippen molar-refractivity contribution in [3.8, 4) is 0 Å².